The highest BCUT2D eigenvalue weighted by molar-refractivity contribution is 7.22. The van der Waals surface area contributed by atoms with Gasteiger partial charge in [0, 0.05) is 30.4 Å². The van der Waals surface area contributed by atoms with Crippen molar-refractivity contribution in [3.63, 3.8) is 0 Å². The van der Waals surface area contributed by atoms with Gasteiger partial charge in [-0.3, -0.25) is 4.98 Å². The molecule has 5 nitrogen and oxygen atoms in total. The summed E-state index contributed by atoms with van der Waals surface area (Å²) in [6.45, 7) is 5.85. The Morgan fingerprint density at radius 3 is 2.61 bits per heavy atom. The van der Waals surface area contributed by atoms with E-state index in [-0.39, 0.29) is 0 Å². The van der Waals surface area contributed by atoms with E-state index >= 15 is 0 Å². The summed E-state index contributed by atoms with van der Waals surface area (Å²) in [5.41, 5.74) is 3.27. The molecule has 0 aliphatic rings. The molecule has 2 N–H and O–H groups in total. The highest BCUT2D eigenvalue weighted by atomic mass is 32.1. The van der Waals surface area contributed by atoms with Crippen LogP contribution in [0.5, 0.6) is 0 Å². The maximum atomic E-state index is 4.75. The summed E-state index contributed by atoms with van der Waals surface area (Å²) in [4.78, 5) is 14.9. The van der Waals surface area contributed by atoms with Crippen LogP contribution in [0.3, 0.4) is 0 Å². The molecule has 0 aliphatic heterocycles. The lowest BCUT2D eigenvalue weighted by molar-refractivity contribution is 0.685. The van der Waals surface area contributed by atoms with Crippen LogP contribution in [0.25, 0.3) is 20.7 Å². The van der Waals surface area contributed by atoms with Crippen LogP contribution >= 0.6 is 11.3 Å². The zero-order valence-electron chi connectivity index (χ0n) is 16.0. The first-order valence-corrected chi connectivity index (χ1v) is 10.2. The summed E-state index contributed by atoms with van der Waals surface area (Å²) in [5, 5.41) is 6.83. The first-order chi connectivity index (χ1) is 13.7. The molecule has 0 saturated heterocycles. The van der Waals surface area contributed by atoms with E-state index < -0.39 is 0 Å². The average Bonchev–Trinajstić information content (AvgIpc) is 3.16. The maximum Gasteiger partial charge on any atom is 0.225 e. The van der Waals surface area contributed by atoms with Crippen LogP contribution in [-0.2, 0) is 6.54 Å². The van der Waals surface area contributed by atoms with E-state index in [0.717, 1.165) is 28.1 Å². The minimum absolute atomic E-state index is 0.522. The molecule has 0 unspecified atom stereocenters. The van der Waals surface area contributed by atoms with Crippen LogP contribution in [0.15, 0.2) is 60.9 Å². The number of anilines is 2. The Bertz CT molecular complexity index is 1040. The number of nitrogens with zero attached hydrogens (tertiary/aromatic N) is 3. The second-order valence-corrected chi connectivity index (χ2v) is 8.13. The average molecular weight is 390 g/mol. The fraction of sp³-hybridized carbons (Fsp3) is 0.227. The van der Waals surface area contributed by atoms with E-state index in [2.05, 4.69) is 65.9 Å². The maximum absolute atomic E-state index is 4.75. The third kappa shape index (κ3) is 4.28. The fourth-order valence-electron chi connectivity index (χ4n) is 2.86. The molecular weight excluding hydrogens is 366 g/mol. The van der Waals surface area contributed by atoms with Crippen molar-refractivity contribution < 1.29 is 0 Å². The van der Waals surface area contributed by atoms with Crippen molar-refractivity contribution in [3.05, 3.63) is 66.5 Å². The SMILES string of the molecule is CC(C)CNc1nc(NCc2cccnc2)c2sc(-c3ccccc3)cc2n1. The molecule has 0 aliphatic carbocycles. The van der Waals surface area contributed by atoms with Crippen molar-refractivity contribution in [2.75, 3.05) is 17.2 Å². The second kappa shape index (κ2) is 8.35. The van der Waals surface area contributed by atoms with E-state index in [9.17, 15) is 0 Å². The first kappa shape index (κ1) is 18.4. The van der Waals surface area contributed by atoms with Crippen LogP contribution in [0.2, 0.25) is 0 Å². The lowest BCUT2D eigenvalue weighted by Crippen LogP contribution is -2.12. The van der Waals surface area contributed by atoms with Crippen LogP contribution in [0, 0.1) is 5.92 Å². The number of hydrogen-bond acceptors (Lipinski definition) is 6. The fourth-order valence-corrected chi connectivity index (χ4v) is 3.93. The first-order valence-electron chi connectivity index (χ1n) is 9.42. The van der Waals surface area contributed by atoms with E-state index in [1.807, 2.05) is 18.3 Å². The summed E-state index contributed by atoms with van der Waals surface area (Å²) in [7, 11) is 0. The van der Waals surface area contributed by atoms with Crippen molar-refractivity contribution >= 4 is 33.3 Å². The summed E-state index contributed by atoms with van der Waals surface area (Å²) >= 11 is 1.71. The molecule has 1 aromatic carbocycles. The van der Waals surface area contributed by atoms with Crippen molar-refractivity contribution in [1.82, 2.24) is 15.0 Å². The van der Waals surface area contributed by atoms with Gasteiger partial charge in [0.1, 0.15) is 5.82 Å². The Morgan fingerprint density at radius 2 is 1.86 bits per heavy atom. The van der Waals surface area contributed by atoms with Crippen LogP contribution in [0.1, 0.15) is 19.4 Å². The molecule has 0 atom stereocenters. The molecule has 142 valence electrons. The van der Waals surface area contributed by atoms with E-state index in [1.165, 1.54) is 10.4 Å². The number of benzene rings is 1. The van der Waals surface area contributed by atoms with Crippen LogP contribution < -0.4 is 10.6 Å². The summed E-state index contributed by atoms with van der Waals surface area (Å²) < 4.78 is 1.07. The van der Waals surface area contributed by atoms with Gasteiger partial charge >= 0.3 is 0 Å². The molecule has 0 radical (unpaired) electrons. The summed E-state index contributed by atoms with van der Waals surface area (Å²) in [5.74, 6) is 2.04. The zero-order chi connectivity index (χ0) is 19.3. The third-order valence-corrected chi connectivity index (χ3v) is 5.46. The van der Waals surface area contributed by atoms with Gasteiger partial charge in [0.05, 0.1) is 10.2 Å². The second-order valence-electron chi connectivity index (χ2n) is 7.08. The lowest BCUT2D eigenvalue weighted by atomic mass is 10.2. The van der Waals surface area contributed by atoms with Gasteiger partial charge in [-0.05, 0) is 29.2 Å². The summed E-state index contributed by atoms with van der Waals surface area (Å²) in [6.07, 6.45) is 3.65. The Labute approximate surface area is 168 Å². The standard InChI is InChI=1S/C22H23N5S/c1-15(2)12-25-22-26-18-11-19(17-8-4-3-5-9-17)28-20(18)21(27-22)24-14-16-7-6-10-23-13-16/h3-11,13,15H,12,14H2,1-2H3,(H2,24,25,26,27). The zero-order valence-corrected chi connectivity index (χ0v) is 16.8. The molecule has 4 rings (SSSR count). The van der Waals surface area contributed by atoms with Gasteiger partial charge in [-0.2, -0.15) is 4.98 Å². The third-order valence-electron chi connectivity index (χ3n) is 4.28. The Kier molecular flexibility index (Phi) is 5.48. The van der Waals surface area contributed by atoms with Gasteiger partial charge in [-0.25, -0.2) is 4.98 Å². The molecule has 0 saturated carbocycles. The Hall–Kier alpha value is -2.99. The van der Waals surface area contributed by atoms with E-state index in [1.54, 1.807) is 17.5 Å². The Balaban J connectivity index is 1.70. The largest absolute Gasteiger partial charge is 0.365 e. The van der Waals surface area contributed by atoms with E-state index in [0.29, 0.717) is 18.4 Å². The number of aromatic nitrogens is 3. The predicted octanol–water partition coefficient (Wildman–Crippen LogP) is 5.43. The van der Waals surface area contributed by atoms with Gasteiger partial charge in [0.2, 0.25) is 5.95 Å². The molecule has 4 aromatic rings. The van der Waals surface area contributed by atoms with Crippen molar-refractivity contribution in [3.8, 4) is 10.4 Å². The molecule has 0 amide bonds. The monoisotopic (exact) mass is 389 g/mol. The van der Waals surface area contributed by atoms with Crippen molar-refractivity contribution in [1.29, 1.82) is 0 Å². The van der Waals surface area contributed by atoms with Crippen LogP contribution in [-0.4, -0.2) is 21.5 Å². The number of fused-ring (bicyclic) bond motifs is 1. The molecule has 3 heterocycles. The number of thiophene rings is 1. The lowest BCUT2D eigenvalue weighted by Gasteiger charge is -2.11. The number of nitrogens with one attached hydrogen (secondary N) is 2. The molecular formula is C22H23N5S. The molecule has 0 fully saturated rings. The van der Waals surface area contributed by atoms with Gasteiger partial charge in [0.15, 0.2) is 0 Å². The molecule has 3 aromatic heterocycles. The van der Waals surface area contributed by atoms with Gasteiger partial charge in [-0.1, -0.05) is 50.2 Å². The number of rotatable bonds is 7. The minimum Gasteiger partial charge on any atom is -0.365 e. The van der Waals surface area contributed by atoms with Gasteiger partial charge in [0.25, 0.3) is 0 Å². The van der Waals surface area contributed by atoms with Crippen molar-refractivity contribution in [2.45, 2.75) is 20.4 Å². The Morgan fingerprint density at radius 1 is 1.00 bits per heavy atom. The number of pyridine rings is 1. The van der Waals surface area contributed by atoms with E-state index in [4.69, 9.17) is 9.97 Å². The number of hydrogen-bond donors (Lipinski definition) is 2. The van der Waals surface area contributed by atoms with Crippen LogP contribution in [0.4, 0.5) is 11.8 Å². The van der Waals surface area contributed by atoms with Gasteiger partial charge in [-0.15, -0.1) is 11.3 Å². The highest BCUT2D eigenvalue weighted by Crippen LogP contribution is 2.36. The quantitative estimate of drug-likeness (QED) is 0.441. The molecule has 0 spiro atoms. The summed E-state index contributed by atoms with van der Waals surface area (Å²) in [6, 6.07) is 16.5. The minimum atomic E-state index is 0.522. The topological polar surface area (TPSA) is 62.7 Å². The molecule has 28 heavy (non-hydrogen) atoms. The molecule has 6 heteroatoms. The smallest absolute Gasteiger partial charge is 0.225 e. The molecule has 0 bridgehead atoms. The highest BCUT2D eigenvalue weighted by Gasteiger charge is 2.13. The predicted molar refractivity (Wildman–Crippen MR) is 118 cm³/mol. The van der Waals surface area contributed by atoms with Crippen molar-refractivity contribution in [2.24, 2.45) is 5.92 Å². The van der Waals surface area contributed by atoms with Gasteiger partial charge < -0.3 is 10.6 Å². The normalized spacial score (nSPS) is 11.1.